The van der Waals surface area contributed by atoms with E-state index < -0.39 is 5.91 Å². The molecule has 0 aliphatic heterocycles. The Labute approximate surface area is 138 Å². The van der Waals surface area contributed by atoms with Crippen LogP contribution >= 0.6 is 0 Å². The quantitative estimate of drug-likeness (QED) is 0.571. The summed E-state index contributed by atoms with van der Waals surface area (Å²) in [5.74, 6) is -0.718. The van der Waals surface area contributed by atoms with Crippen molar-refractivity contribution in [1.82, 2.24) is 15.6 Å². The highest BCUT2D eigenvalue weighted by molar-refractivity contribution is 6.00. The number of hydrogen-bond acceptors (Lipinski definition) is 3. The number of nitrogens with one attached hydrogen (secondary N) is 2. The summed E-state index contributed by atoms with van der Waals surface area (Å²) in [6.45, 7) is 1.81. The lowest BCUT2D eigenvalue weighted by Gasteiger charge is -2.01. The van der Waals surface area contributed by atoms with Crippen LogP contribution in [0.4, 0.5) is 4.39 Å². The minimum absolute atomic E-state index is 0.277. The SMILES string of the molecule is CC(=NNC(=O)c1cc(-c2ccc(F)cc2)n[nH]1)c1ccccc1. The summed E-state index contributed by atoms with van der Waals surface area (Å²) < 4.78 is 12.9. The number of benzene rings is 2. The average Bonchev–Trinajstić information content (AvgIpc) is 3.11. The number of halogens is 1. The Balaban J connectivity index is 1.71. The Morgan fingerprint density at radius 3 is 2.54 bits per heavy atom. The number of H-pyrrole nitrogens is 1. The molecule has 0 aliphatic carbocycles. The maximum absolute atomic E-state index is 12.9. The van der Waals surface area contributed by atoms with Crippen LogP contribution in [-0.4, -0.2) is 21.8 Å². The molecule has 0 saturated heterocycles. The van der Waals surface area contributed by atoms with Gasteiger partial charge in [0.2, 0.25) is 0 Å². The van der Waals surface area contributed by atoms with Crippen molar-refractivity contribution < 1.29 is 9.18 Å². The molecule has 2 N–H and O–H groups in total. The largest absolute Gasteiger partial charge is 0.289 e. The normalized spacial score (nSPS) is 11.3. The maximum Gasteiger partial charge on any atom is 0.289 e. The Kier molecular flexibility index (Phi) is 4.47. The van der Waals surface area contributed by atoms with Gasteiger partial charge in [-0.3, -0.25) is 9.89 Å². The summed E-state index contributed by atoms with van der Waals surface area (Å²) in [5.41, 5.74) is 5.66. The molecule has 3 rings (SSSR count). The van der Waals surface area contributed by atoms with E-state index in [0.717, 1.165) is 11.1 Å². The van der Waals surface area contributed by atoms with Gasteiger partial charge in [-0.15, -0.1) is 0 Å². The van der Waals surface area contributed by atoms with Crippen LogP contribution in [0.1, 0.15) is 23.0 Å². The van der Waals surface area contributed by atoms with E-state index in [9.17, 15) is 9.18 Å². The van der Waals surface area contributed by atoms with Crippen molar-refractivity contribution in [2.45, 2.75) is 6.92 Å². The second-order valence-corrected chi connectivity index (χ2v) is 5.18. The predicted octanol–water partition coefficient (Wildman–Crippen LogP) is 3.37. The Hall–Kier alpha value is -3.28. The number of aromatic amines is 1. The molecule has 1 amide bonds. The van der Waals surface area contributed by atoms with E-state index in [4.69, 9.17) is 0 Å². The molecule has 0 aliphatic rings. The van der Waals surface area contributed by atoms with Gasteiger partial charge in [0, 0.05) is 5.56 Å². The number of hydrogen-bond donors (Lipinski definition) is 2. The summed E-state index contributed by atoms with van der Waals surface area (Å²) in [4.78, 5) is 12.1. The molecule has 0 fully saturated rings. The van der Waals surface area contributed by atoms with Gasteiger partial charge in [-0.1, -0.05) is 30.3 Å². The smallest absolute Gasteiger partial charge is 0.272 e. The van der Waals surface area contributed by atoms with Crippen LogP contribution in [-0.2, 0) is 0 Å². The zero-order valence-electron chi connectivity index (χ0n) is 13.0. The molecule has 1 heterocycles. The van der Waals surface area contributed by atoms with E-state index in [1.165, 1.54) is 12.1 Å². The van der Waals surface area contributed by atoms with Gasteiger partial charge in [0.15, 0.2) is 0 Å². The van der Waals surface area contributed by atoms with E-state index in [2.05, 4.69) is 20.7 Å². The Morgan fingerprint density at radius 2 is 1.83 bits per heavy atom. The Bertz CT molecular complexity index is 870. The van der Waals surface area contributed by atoms with Crippen LogP contribution in [0.2, 0.25) is 0 Å². The molecule has 24 heavy (non-hydrogen) atoms. The van der Waals surface area contributed by atoms with Gasteiger partial charge >= 0.3 is 0 Å². The lowest BCUT2D eigenvalue weighted by molar-refractivity contribution is 0.0950. The van der Waals surface area contributed by atoms with E-state index >= 15 is 0 Å². The fourth-order valence-electron chi connectivity index (χ4n) is 2.15. The van der Waals surface area contributed by atoms with Gasteiger partial charge in [-0.05, 0) is 42.8 Å². The highest BCUT2D eigenvalue weighted by atomic mass is 19.1. The van der Waals surface area contributed by atoms with E-state index in [0.29, 0.717) is 11.4 Å². The van der Waals surface area contributed by atoms with Crippen LogP contribution in [0.3, 0.4) is 0 Å². The summed E-state index contributed by atoms with van der Waals surface area (Å²) in [6, 6.07) is 17.0. The molecule has 0 saturated carbocycles. The van der Waals surface area contributed by atoms with E-state index in [-0.39, 0.29) is 11.5 Å². The molecule has 5 nitrogen and oxygen atoms in total. The average molecular weight is 322 g/mol. The fraction of sp³-hybridized carbons (Fsp3) is 0.0556. The van der Waals surface area contributed by atoms with Crippen molar-refractivity contribution in [3.8, 4) is 11.3 Å². The molecule has 0 spiro atoms. The second kappa shape index (κ2) is 6.87. The van der Waals surface area contributed by atoms with Crippen molar-refractivity contribution in [2.75, 3.05) is 0 Å². The number of carbonyl (C=O) groups is 1. The summed E-state index contributed by atoms with van der Waals surface area (Å²) in [5, 5.41) is 10.8. The molecule has 1 aromatic heterocycles. The summed E-state index contributed by atoms with van der Waals surface area (Å²) in [7, 11) is 0. The molecule has 120 valence electrons. The predicted molar refractivity (Wildman–Crippen MR) is 90.1 cm³/mol. The first-order valence-electron chi connectivity index (χ1n) is 7.35. The van der Waals surface area contributed by atoms with Gasteiger partial charge in [-0.25, -0.2) is 9.82 Å². The number of hydrazone groups is 1. The third-order valence-corrected chi connectivity index (χ3v) is 3.48. The minimum Gasteiger partial charge on any atom is -0.272 e. The van der Waals surface area contributed by atoms with Crippen LogP contribution in [0.25, 0.3) is 11.3 Å². The van der Waals surface area contributed by atoms with Crippen LogP contribution < -0.4 is 5.43 Å². The van der Waals surface area contributed by atoms with Crippen molar-refractivity contribution in [2.24, 2.45) is 5.10 Å². The lowest BCUT2D eigenvalue weighted by atomic mass is 10.1. The molecule has 0 atom stereocenters. The first kappa shape index (κ1) is 15.6. The Morgan fingerprint density at radius 1 is 1.12 bits per heavy atom. The zero-order chi connectivity index (χ0) is 16.9. The van der Waals surface area contributed by atoms with Crippen LogP contribution in [0.15, 0.2) is 65.8 Å². The molecule has 2 aromatic carbocycles. The fourth-order valence-corrected chi connectivity index (χ4v) is 2.15. The van der Waals surface area contributed by atoms with Gasteiger partial charge in [0.1, 0.15) is 11.5 Å². The van der Waals surface area contributed by atoms with Gasteiger partial charge in [-0.2, -0.15) is 10.2 Å². The first-order chi connectivity index (χ1) is 11.6. The molecule has 0 unspecified atom stereocenters. The standard InChI is InChI=1S/C18H15FN4O/c1-12(13-5-3-2-4-6-13)20-23-18(24)17-11-16(21-22-17)14-7-9-15(19)10-8-14/h2-11H,1H3,(H,21,22)(H,23,24). The third kappa shape index (κ3) is 3.55. The topological polar surface area (TPSA) is 70.1 Å². The van der Waals surface area contributed by atoms with Crippen molar-refractivity contribution in [1.29, 1.82) is 0 Å². The molecule has 6 heteroatoms. The third-order valence-electron chi connectivity index (χ3n) is 3.48. The van der Waals surface area contributed by atoms with Crippen molar-refractivity contribution in [3.05, 3.63) is 77.7 Å². The lowest BCUT2D eigenvalue weighted by Crippen LogP contribution is -2.19. The molecule has 0 radical (unpaired) electrons. The molecular weight excluding hydrogens is 307 g/mol. The highest BCUT2D eigenvalue weighted by Crippen LogP contribution is 2.17. The van der Waals surface area contributed by atoms with Gasteiger partial charge in [0.25, 0.3) is 5.91 Å². The second-order valence-electron chi connectivity index (χ2n) is 5.18. The number of rotatable bonds is 4. The number of nitrogens with zero attached hydrogens (tertiary/aromatic N) is 2. The number of carbonyl (C=O) groups excluding carboxylic acids is 1. The monoisotopic (exact) mass is 322 g/mol. The van der Waals surface area contributed by atoms with Crippen LogP contribution in [0.5, 0.6) is 0 Å². The minimum atomic E-state index is -0.397. The number of amides is 1. The molecule has 0 bridgehead atoms. The summed E-state index contributed by atoms with van der Waals surface area (Å²) >= 11 is 0. The highest BCUT2D eigenvalue weighted by Gasteiger charge is 2.11. The van der Waals surface area contributed by atoms with Crippen LogP contribution in [0, 0.1) is 5.82 Å². The van der Waals surface area contributed by atoms with Gasteiger partial charge < -0.3 is 0 Å². The molecular formula is C18H15FN4O. The van der Waals surface area contributed by atoms with E-state index in [1.807, 2.05) is 37.3 Å². The van der Waals surface area contributed by atoms with E-state index in [1.54, 1.807) is 18.2 Å². The summed E-state index contributed by atoms with van der Waals surface area (Å²) in [6.07, 6.45) is 0. The molecule has 3 aromatic rings. The number of aromatic nitrogens is 2. The van der Waals surface area contributed by atoms with Crippen molar-refractivity contribution in [3.63, 3.8) is 0 Å². The maximum atomic E-state index is 12.9. The van der Waals surface area contributed by atoms with Crippen molar-refractivity contribution >= 4 is 11.6 Å². The van der Waals surface area contributed by atoms with Gasteiger partial charge in [0.05, 0.1) is 11.4 Å². The zero-order valence-corrected chi connectivity index (χ0v) is 13.0. The first-order valence-corrected chi connectivity index (χ1v) is 7.35.